The van der Waals surface area contributed by atoms with Crippen LogP contribution >= 0.6 is 0 Å². The van der Waals surface area contributed by atoms with Gasteiger partial charge in [0.1, 0.15) is 0 Å². The Hall–Kier alpha value is -0.0800. The Labute approximate surface area is 64.2 Å². The van der Waals surface area contributed by atoms with Gasteiger partial charge in [-0.2, -0.15) is 0 Å². The molecule has 2 atom stereocenters. The maximum absolute atomic E-state index is 4.50. The van der Waals surface area contributed by atoms with E-state index in [1.165, 1.54) is 26.6 Å². The van der Waals surface area contributed by atoms with Crippen LogP contribution in [0.15, 0.2) is 0 Å². The predicted octanol–water partition coefficient (Wildman–Crippen LogP) is 0.827. The highest BCUT2D eigenvalue weighted by atomic mass is 14.9. The summed E-state index contributed by atoms with van der Waals surface area (Å²) in [4.78, 5) is 0. The van der Waals surface area contributed by atoms with Crippen molar-refractivity contribution < 1.29 is 0 Å². The minimum Gasteiger partial charge on any atom is -0.333 e. The maximum atomic E-state index is 4.50. The van der Waals surface area contributed by atoms with Crippen molar-refractivity contribution in [1.82, 2.24) is 5.32 Å². The van der Waals surface area contributed by atoms with Gasteiger partial charge in [-0.3, -0.25) is 0 Å². The van der Waals surface area contributed by atoms with E-state index < -0.39 is 0 Å². The van der Waals surface area contributed by atoms with Crippen molar-refractivity contribution in [1.29, 1.82) is 0 Å². The largest absolute Gasteiger partial charge is 0.333 e. The summed E-state index contributed by atoms with van der Waals surface area (Å²) in [5, 5.41) is 3.32. The van der Waals surface area contributed by atoms with Crippen molar-refractivity contribution in [2.75, 3.05) is 20.1 Å². The lowest BCUT2D eigenvalue weighted by atomic mass is 10.4. The molecule has 1 saturated carbocycles. The summed E-state index contributed by atoms with van der Waals surface area (Å²) in [5.74, 6) is 2.20. The second kappa shape index (κ2) is 5.69. The SMILES string of the molecule is C1NCC2CC12.CC.CN. The quantitative estimate of drug-likeness (QED) is 0.528. The molecule has 2 heteroatoms. The van der Waals surface area contributed by atoms with E-state index in [-0.39, 0.29) is 0 Å². The molecular formula is C8H20N2. The van der Waals surface area contributed by atoms with Gasteiger partial charge in [-0.1, -0.05) is 13.8 Å². The summed E-state index contributed by atoms with van der Waals surface area (Å²) in [5.41, 5.74) is 4.50. The van der Waals surface area contributed by atoms with Crippen molar-refractivity contribution in [2.45, 2.75) is 20.3 Å². The first-order valence-corrected chi connectivity index (χ1v) is 4.25. The molecule has 0 bridgehead atoms. The summed E-state index contributed by atoms with van der Waals surface area (Å²) < 4.78 is 0. The Morgan fingerprint density at radius 3 is 1.60 bits per heavy atom. The average Bonchev–Trinajstić information content (AvgIpc) is 2.67. The third-order valence-corrected chi connectivity index (χ3v) is 1.88. The molecule has 2 fully saturated rings. The van der Waals surface area contributed by atoms with Crippen LogP contribution in [0.4, 0.5) is 0 Å². The van der Waals surface area contributed by atoms with Crippen LogP contribution in [0.3, 0.4) is 0 Å². The molecule has 0 aromatic carbocycles. The van der Waals surface area contributed by atoms with Gasteiger partial charge in [0.15, 0.2) is 0 Å². The number of fused-ring (bicyclic) bond motifs is 1. The highest BCUT2D eigenvalue weighted by Crippen LogP contribution is 2.40. The molecule has 1 saturated heterocycles. The fourth-order valence-corrected chi connectivity index (χ4v) is 1.26. The zero-order chi connectivity index (χ0) is 7.98. The summed E-state index contributed by atoms with van der Waals surface area (Å²) in [6.07, 6.45) is 1.52. The normalized spacial score (nSPS) is 32.4. The molecule has 62 valence electrons. The summed E-state index contributed by atoms with van der Waals surface area (Å²) in [6, 6.07) is 0. The maximum Gasteiger partial charge on any atom is -0.00172 e. The van der Waals surface area contributed by atoms with E-state index >= 15 is 0 Å². The number of rotatable bonds is 0. The van der Waals surface area contributed by atoms with Crippen molar-refractivity contribution >= 4 is 0 Å². The van der Waals surface area contributed by atoms with Crippen LogP contribution in [0.2, 0.25) is 0 Å². The van der Waals surface area contributed by atoms with Gasteiger partial charge in [0, 0.05) is 0 Å². The molecule has 1 heterocycles. The molecule has 2 unspecified atom stereocenters. The second-order valence-corrected chi connectivity index (χ2v) is 2.41. The van der Waals surface area contributed by atoms with E-state index in [9.17, 15) is 0 Å². The van der Waals surface area contributed by atoms with Gasteiger partial charge >= 0.3 is 0 Å². The highest BCUT2D eigenvalue weighted by Gasteiger charge is 2.40. The Kier molecular flexibility index (Phi) is 5.64. The highest BCUT2D eigenvalue weighted by molar-refractivity contribution is 4.94. The Balaban J connectivity index is 0.000000180. The first-order chi connectivity index (χ1) is 4.97. The third kappa shape index (κ3) is 2.67. The van der Waals surface area contributed by atoms with Gasteiger partial charge in [-0.15, -0.1) is 0 Å². The first kappa shape index (κ1) is 9.92. The number of piperidine rings is 1. The molecule has 3 N–H and O–H groups in total. The van der Waals surface area contributed by atoms with Gasteiger partial charge in [-0.25, -0.2) is 0 Å². The van der Waals surface area contributed by atoms with E-state index in [1.54, 1.807) is 0 Å². The van der Waals surface area contributed by atoms with Gasteiger partial charge in [0.2, 0.25) is 0 Å². The smallest absolute Gasteiger partial charge is 0.00172 e. The van der Waals surface area contributed by atoms with E-state index in [4.69, 9.17) is 0 Å². The molecule has 0 aromatic heterocycles. The molecule has 10 heavy (non-hydrogen) atoms. The van der Waals surface area contributed by atoms with E-state index in [0.717, 1.165) is 11.8 Å². The predicted molar refractivity (Wildman–Crippen MR) is 45.9 cm³/mol. The van der Waals surface area contributed by atoms with Gasteiger partial charge < -0.3 is 11.1 Å². The zero-order valence-electron chi connectivity index (χ0n) is 7.35. The summed E-state index contributed by atoms with van der Waals surface area (Å²) in [6.45, 7) is 6.62. The standard InChI is InChI=1S/C5H9N.C2H6.CH5N/c1-4-2-6-3-5(1)4;2*1-2/h4-6H,1-3H2;1-2H3;2H2,1H3. The van der Waals surface area contributed by atoms with Crippen molar-refractivity contribution in [3.05, 3.63) is 0 Å². The van der Waals surface area contributed by atoms with Crippen molar-refractivity contribution in [3.63, 3.8) is 0 Å². The molecule has 1 aliphatic heterocycles. The molecular weight excluding hydrogens is 124 g/mol. The lowest BCUT2D eigenvalue weighted by molar-refractivity contribution is 0.732. The van der Waals surface area contributed by atoms with Gasteiger partial charge in [-0.05, 0) is 38.4 Å². The summed E-state index contributed by atoms with van der Waals surface area (Å²) >= 11 is 0. The van der Waals surface area contributed by atoms with Crippen molar-refractivity contribution in [3.8, 4) is 0 Å². The molecule has 0 amide bonds. The van der Waals surface area contributed by atoms with E-state index in [0.29, 0.717) is 0 Å². The summed E-state index contributed by atoms with van der Waals surface area (Å²) in [7, 11) is 1.50. The molecule has 0 radical (unpaired) electrons. The Bertz CT molecular complexity index is 65.7. The topological polar surface area (TPSA) is 38.0 Å². The van der Waals surface area contributed by atoms with Crippen LogP contribution in [-0.2, 0) is 0 Å². The average molecular weight is 144 g/mol. The third-order valence-electron chi connectivity index (χ3n) is 1.88. The van der Waals surface area contributed by atoms with Gasteiger partial charge in [0.05, 0.1) is 0 Å². The van der Waals surface area contributed by atoms with Crippen LogP contribution in [0.25, 0.3) is 0 Å². The number of nitrogens with two attached hydrogens (primary N) is 1. The number of hydrogen-bond donors (Lipinski definition) is 2. The number of nitrogens with one attached hydrogen (secondary N) is 1. The monoisotopic (exact) mass is 144 g/mol. The minimum absolute atomic E-state index is 1.10. The molecule has 0 aromatic rings. The van der Waals surface area contributed by atoms with Crippen LogP contribution in [0.1, 0.15) is 20.3 Å². The minimum atomic E-state index is 1.10. The zero-order valence-corrected chi connectivity index (χ0v) is 7.35. The van der Waals surface area contributed by atoms with Crippen LogP contribution < -0.4 is 11.1 Å². The molecule has 0 spiro atoms. The van der Waals surface area contributed by atoms with E-state index in [1.807, 2.05) is 13.8 Å². The Morgan fingerprint density at radius 2 is 1.50 bits per heavy atom. The van der Waals surface area contributed by atoms with Crippen LogP contribution in [-0.4, -0.2) is 20.1 Å². The second-order valence-electron chi connectivity index (χ2n) is 2.41. The van der Waals surface area contributed by atoms with Crippen LogP contribution in [0.5, 0.6) is 0 Å². The molecule has 2 rings (SSSR count). The Morgan fingerprint density at radius 1 is 1.10 bits per heavy atom. The lowest BCUT2D eigenvalue weighted by Crippen LogP contribution is -2.10. The van der Waals surface area contributed by atoms with Crippen molar-refractivity contribution in [2.24, 2.45) is 17.6 Å². The fraction of sp³-hybridized carbons (Fsp3) is 1.00. The lowest BCUT2D eigenvalue weighted by Gasteiger charge is -1.87. The first-order valence-electron chi connectivity index (χ1n) is 4.25. The van der Waals surface area contributed by atoms with Gasteiger partial charge in [0.25, 0.3) is 0 Å². The fourth-order valence-electron chi connectivity index (χ4n) is 1.26. The molecule has 1 aliphatic carbocycles. The van der Waals surface area contributed by atoms with Crippen LogP contribution in [0, 0.1) is 11.8 Å². The number of hydrogen-bond acceptors (Lipinski definition) is 2. The molecule has 2 aliphatic rings. The molecule has 2 nitrogen and oxygen atoms in total. The van der Waals surface area contributed by atoms with E-state index in [2.05, 4.69) is 11.1 Å².